The number of halogens is 3. The molecule has 0 saturated carbocycles. The van der Waals surface area contributed by atoms with E-state index in [1.54, 1.807) is 0 Å². The lowest BCUT2D eigenvalue weighted by Gasteiger charge is -2.08. The Labute approximate surface area is 66.4 Å². The Kier molecular flexibility index (Phi) is 4.17. The minimum atomic E-state index is -3.20. The van der Waals surface area contributed by atoms with Crippen molar-refractivity contribution in [3.8, 4) is 0 Å². The van der Waals surface area contributed by atoms with Crippen LogP contribution in [0.2, 0.25) is 0 Å². The summed E-state index contributed by atoms with van der Waals surface area (Å²) >= 11 is 0. The third-order valence-corrected chi connectivity index (χ3v) is 0.992. The van der Waals surface area contributed by atoms with Crippen LogP contribution < -0.4 is 0 Å². The summed E-state index contributed by atoms with van der Waals surface area (Å²) in [4.78, 5) is 9.72. The van der Waals surface area contributed by atoms with Crippen molar-refractivity contribution in [2.24, 2.45) is 0 Å². The van der Waals surface area contributed by atoms with Gasteiger partial charge in [0.15, 0.2) is 6.17 Å². The minimum Gasteiger partial charge on any atom is -0.450 e. The van der Waals surface area contributed by atoms with Gasteiger partial charge < -0.3 is 9.84 Å². The van der Waals surface area contributed by atoms with E-state index < -0.39 is 30.9 Å². The average molecular weight is 184 g/mol. The zero-order valence-corrected chi connectivity index (χ0v) is 5.97. The van der Waals surface area contributed by atoms with Crippen LogP contribution in [0, 0.1) is 0 Å². The molecule has 0 spiro atoms. The van der Waals surface area contributed by atoms with Crippen molar-refractivity contribution in [3.05, 3.63) is 12.2 Å². The highest BCUT2D eigenvalue weighted by molar-refractivity contribution is 5.57. The number of carbonyl (C=O) groups is 1. The maximum Gasteiger partial charge on any atom is 0.506 e. The van der Waals surface area contributed by atoms with Crippen LogP contribution in [0.1, 0.15) is 0 Å². The molecule has 0 saturated heterocycles. The van der Waals surface area contributed by atoms with Crippen molar-refractivity contribution in [1.82, 2.24) is 0 Å². The molecule has 6 heteroatoms. The maximum atomic E-state index is 12.2. The summed E-state index contributed by atoms with van der Waals surface area (Å²) in [6, 6.07) is 0. The van der Waals surface area contributed by atoms with Gasteiger partial charge in [0.1, 0.15) is 6.61 Å². The van der Waals surface area contributed by atoms with Gasteiger partial charge in [-0.2, -0.15) is 0 Å². The lowest BCUT2D eigenvalue weighted by molar-refractivity contribution is 0.0548. The second kappa shape index (κ2) is 4.63. The molecule has 12 heavy (non-hydrogen) atoms. The monoisotopic (exact) mass is 184 g/mol. The molecule has 70 valence electrons. The quantitative estimate of drug-likeness (QED) is 0.535. The number of hydrogen-bond donors (Lipinski definition) is 1. The molecule has 0 aromatic heterocycles. The second-order valence-corrected chi connectivity index (χ2v) is 1.95. The van der Waals surface area contributed by atoms with E-state index in [0.717, 1.165) is 0 Å². The first-order chi connectivity index (χ1) is 5.45. The molecule has 0 aliphatic rings. The molecule has 0 aromatic rings. The van der Waals surface area contributed by atoms with E-state index in [-0.39, 0.29) is 0 Å². The van der Waals surface area contributed by atoms with Gasteiger partial charge in [0.05, 0.1) is 0 Å². The van der Waals surface area contributed by atoms with Crippen molar-refractivity contribution in [1.29, 1.82) is 0 Å². The highest BCUT2D eigenvalue weighted by Crippen LogP contribution is 2.13. The molecule has 0 aliphatic heterocycles. The normalized spacial score (nSPS) is 12.7. The Morgan fingerprint density at radius 2 is 2.00 bits per heavy atom. The lowest BCUT2D eigenvalue weighted by Crippen LogP contribution is -2.18. The van der Waals surface area contributed by atoms with E-state index in [4.69, 9.17) is 5.11 Å². The van der Waals surface area contributed by atoms with Gasteiger partial charge in [-0.15, -0.1) is 0 Å². The predicted molar refractivity (Wildman–Crippen MR) is 34.0 cm³/mol. The molecule has 3 nitrogen and oxygen atoms in total. The maximum absolute atomic E-state index is 12.2. The fraction of sp³-hybridized carbons (Fsp3) is 0.500. The third kappa shape index (κ3) is 3.85. The summed E-state index contributed by atoms with van der Waals surface area (Å²) in [6.45, 7) is 2.16. The Morgan fingerprint density at radius 1 is 1.50 bits per heavy atom. The fourth-order valence-corrected chi connectivity index (χ4v) is 0.412. The number of carboxylic acid groups (broad SMARTS) is 1. The molecule has 0 heterocycles. The van der Waals surface area contributed by atoms with Crippen LogP contribution in [-0.4, -0.2) is 30.5 Å². The van der Waals surface area contributed by atoms with Gasteiger partial charge in [0.25, 0.3) is 6.43 Å². The first kappa shape index (κ1) is 10.8. The molecule has 1 unspecified atom stereocenters. The van der Waals surface area contributed by atoms with Crippen LogP contribution in [-0.2, 0) is 4.74 Å². The zero-order chi connectivity index (χ0) is 9.72. The second-order valence-electron chi connectivity index (χ2n) is 1.95. The van der Waals surface area contributed by atoms with Crippen molar-refractivity contribution >= 4 is 6.16 Å². The fourth-order valence-electron chi connectivity index (χ4n) is 0.412. The lowest BCUT2D eigenvalue weighted by atomic mass is 10.2. The zero-order valence-electron chi connectivity index (χ0n) is 5.97. The smallest absolute Gasteiger partial charge is 0.450 e. The molecular formula is C6H7F3O3. The van der Waals surface area contributed by atoms with Crippen LogP contribution in [0.15, 0.2) is 12.2 Å². The van der Waals surface area contributed by atoms with E-state index in [2.05, 4.69) is 11.3 Å². The molecule has 0 fully saturated rings. The molecule has 0 bridgehead atoms. The Morgan fingerprint density at radius 3 is 2.33 bits per heavy atom. The largest absolute Gasteiger partial charge is 0.506 e. The predicted octanol–water partition coefficient (Wildman–Crippen LogP) is 1.84. The summed E-state index contributed by atoms with van der Waals surface area (Å²) in [7, 11) is 0. The van der Waals surface area contributed by atoms with Crippen molar-refractivity contribution < 1.29 is 27.8 Å². The summed E-state index contributed by atoms with van der Waals surface area (Å²) in [5.74, 6) is 0. The molecule has 0 aromatic carbocycles. The van der Waals surface area contributed by atoms with Gasteiger partial charge in [-0.3, -0.25) is 0 Å². The average Bonchev–Trinajstić information content (AvgIpc) is 1.98. The number of alkyl halides is 3. The highest BCUT2D eigenvalue weighted by atomic mass is 19.3. The van der Waals surface area contributed by atoms with Crippen molar-refractivity contribution in [2.45, 2.75) is 12.6 Å². The summed E-state index contributed by atoms with van der Waals surface area (Å²) < 4.78 is 39.2. The van der Waals surface area contributed by atoms with Gasteiger partial charge in [0.2, 0.25) is 0 Å². The molecule has 0 amide bonds. The Balaban J connectivity index is 3.80. The first-order valence-electron chi connectivity index (χ1n) is 2.90. The molecule has 1 atom stereocenters. The topological polar surface area (TPSA) is 46.5 Å². The number of ether oxygens (including phenoxy) is 1. The molecule has 1 N–H and O–H groups in total. The van der Waals surface area contributed by atoms with Gasteiger partial charge in [0, 0.05) is 0 Å². The molecular weight excluding hydrogens is 177 g/mol. The van der Waals surface area contributed by atoms with Gasteiger partial charge in [-0.05, 0) is 5.57 Å². The van der Waals surface area contributed by atoms with E-state index in [1.807, 2.05) is 0 Å². The van der Waals surface area contributed by atoms with E-state index in [9.17, 15) is 18.0 Å². The SMILES string of the molecule is C=C(COC(=O)O)C(F)C(F)F. The summed E-state index contributed by atoms with van der Waals surface area (Å²) in [5, 5.41) is 7.91. The van der Waals surface area contributed by atoms with E-state index >= 15 is 0 Å². The molecule has 0 radical (unpaired) electrons. The van der Waals surface area contributed by atoms with Crippen molar-refractivity contribution in [3.63, 3.8) is 0 Å². The highest BCUT2D eigenvalue weighted by Gasteiger charge is 2.23. The van der Waals surface area contributed by atoms with Gasteiger partial charge in [-0.1, -0.05) is 6.58 Å². The van der Waals surface area contributed by atoms with E-state index in [0.29, 0.717) is 0 Å². The standard InChI is InChI=1S/C6H7F3O3/c1-3(2-12-6(10)11)4(7)5(8)9/h4-5H,1-2H2,(H,10,11). The molecule has 0 aliphatic carbocycles. The van der Waals surface area contributed by atoms with Crippen LogP contribution in [0.5, 0.6) is 0 Å². The first-order valence-corrected chi connectivity index (χ1v) is 2.90. The number of rotatable bonds is 4. The molecule has 0 rings (SSSR count). The van der Waals surface area contributed by atoms with Crippen molar-refractivity contribution in [2.75, 3.05) is 6.61 Å². The van der Waals surface area contributed by atoms with Crippen LogP contribution in [0.4, 0.5) is 18.0 Å². The summed E-state index contributed by atoms with van der Waals surface area (Å²) in [5.41, 5.74) is -0.590. The Hall–Kier alpha value is -1.20. The minimum absolute atomic E-state index is 0.590. The van der Waals surface area contributed by atoms with Crippen LogP contribution >= 0.6 is 0 Å². The van der Waals surface area contributed by atoms with Gasteiger partial charge >= 0.3 is 6.16 Å². The Bertz CT molecular complexity index is 181. The van der Waals surface area contributed by atoms with Crippen LogP contribution in [0.25, 0.3) is 0 Å². The van der Waals surface area contributed by atoms with Crippen LogP contribution in [0.3, 0.4) is 0 Å². The van der Waals surface area contributed by atoms with Gasteiger partial charge in [-0.25, -0.2) is 18.0 Å². The number of hydrogen-bond acceptors (Lipinski definition) is 2. The summed E-state index contributed by atoms with van der Waals surface area (Å²) in [6.07, 6.45) is -7.39. The third-order valence-electron chi connectivity index (χ3n) is 0.992. The van der Waals surface area contributed by atoms with E-state index in [1.165, 1.54) is 0 Å².